The summed E-state index contributed by atoms with van der Waals surface area (Å²) in [6, 6.07) is 12.7. The van der Waals surface area contributed by atoms with Gasteiger partial charge < -0.3 is 5.73 Å². The molecule has 2 aromatic carbocycles. The zero-order valence-electron chi connectivity index (χ0n) is 9.87. The molecule has 0 saturated heterocycles. The number of hydrogen-bond acceptors (Lipinski definition) is 1. The molecular weight excluding hydrogens is 194 g/mol. The summed E-state index contributed by atoms with van der Waals surface area (Å²) in [5.41, 5.74) is 8.33. The van der Waals surface area contributed by atoms with Gasteiger partial charge in [-0.1, -0.05) is 50.1 Å². The van der Waals surface area contributed by atoms with Crippen LogP contribution < -0.4 is 5.73 Å². The molecule has 0 aliphatic carbocycles. The zero-order valence-corrected chi connectivity index (χ0v) is 9.87. The second-order valence-electron chi connectivity index (χ2n) is 4.36. The Balaban J connectivity index is 2.27. The molecule has 0 amide bonds. The topological polar surface area (TPSA) is 26.0 Å². The van der Waals surface area contributed by atoms with Gasteiger partial charge in [-0.15, -0.1) is 0 Å². The molecule has 16 heavy (non-hydrogen) atoms. The maximum absolute atomic E-state index is 6.06. The first-order valence-corrected chi connectivity index (χ1v) is 6.08. The van der Waals surface area contributed by atoms with Crippen molar-refractivity contribution in [3.05, 3.63) is 42.0 Å². The normalized spacial score (nSPS) is 10.8. The smallest absolute Gasteiger partial charge is 0.0396 e. The van der Waals surface area contributed by atoms with Crippen LogP contribution in [-0.4, -0.2) is 0 Å². The number of hydrogen-bond donors (Lipinski definition) is 1. The molecule has 2 aromatic rings. The van der Waals surface area contributed by atoms with E-state index in [1.807, 2.05) is 6.07 Å². The summed E-state index contributed by atoms with van der Waals surface area (Å²) in [5.74, 6) is 0. The lowest BCUT2D eigenvalue weighted by Gasteiger charge is -2.06. The summed E-state index contributed by atoms with van der Waals surface area (Å²) < 4.78 is 0. The monoisotopic (exact) mass is 213 g/mol. The second kappa shape index (κ2) is 5.02. The lowest BCUT2D eigenvalue weighted by molar-refractivity contribution is 0.718. The number of rotatable bonds is 4. The molecule has 0 radical (unpaired) electrons. The van der Waals surface area contributed by atoms with Gasteiger partial charge in [-0.3, -0.25) is 0 Å². The largest absolute Gasteiger partial charge is 0.398 e. The highest BCUT2D eigenvalue weighted by Gasteiger charge is 2.00. The molecule has 0 saturated carbocycles. The Morgan fingerprint density at radius 3 is 2.69 bits per heavy atom. The Morgan fingerprint density at radius 1 is 1.06 bits per heavy atom. The molecule has 2 rings (SSSR count). The van der Waals surface area contributed by atoms with E-state index in [0.717, 1.165) is 12.1 Å². The first-order chi connectivity index (χ1) is 7.81. The number of fused-ring (bicyclic) bond motifs is 1. The van der Waals surface area contributed by atoms with Crippen LogP contribution in [0.15, 0.2) is 36.4 Å². The van der Waals surface area contributed by atoms with Crippen molar-refractivity contribution in [2.24, 2.45) is 0 Å². The Kier molecular flexibility index (Phi) is 3.45. The highest BCUT2D eigenvalue weighted by molar-refractivity contribution is 5.93. The van der Waals surface area contributed by atoms with Gasteiger partial charge in [0.15, 0.2) is 0 Å². The molecule has 2 N–H and O–H groups in total. The van der Waals surface area contributed by atoms with E-state index in [4.69, 9.17) is 5.73 Å². The fraction of sp³-hybridized carbons (Fsp3) is 0.333. The van der Waals surface area contributed by atoms with E-state index in [1.165, 1.54) is 35.6 Å². The molecule has 0 spiro atoms. The van der Waals surface area contributed by atoms with Gasteiger partial charge in [0.25, 0.3) is 0 Å². The highest BCUT2D eigenvalue weighted by atomic mass is 14.5. The lowest BCUT2D eigenvalue weighted by Crippen LogP contribution is -1.92. The molecule has 0 fully saturated rings. The third-order valence-electron chi connectivity index (χ3n) is 3.02. The van der Waals surface area contributed by atoms with Crippen LogP contribution in [0.5, 0.6) is 0 Å². The predicted molar refractivity (Wildman–Crippen MR) is 71.6 cm³/mol. The van der Waals surface area contributed by atoms with Gasteiger partial charge in [0, 0.05) is 11.1 Å². The van der Waals surface area contributed by atoms with E-state index < -0.39 is 0 Å². The molecule has 0 bridgehead atoms. The van der Waals surface area contributed by atoms with Crippen molar-refractivity contribution in [1.29, 1.82) is 0 Å². The molecule has 0 aliphatic rings. The quantitative estimate of drug-likeness (QED) is 0.599. The zero-order chi connectivity index (χ0) is 11.4. The number of aryl methyl sites for hydroxylation is 1. The number of nitrogen functional groups attached to an aromatic ring is 1. The van der Waals surface area contributed by atoms with E-state index in [9.17, 15) is 0 Å². The van der Waals surface area contributed by atoms with Crippen molar-refractivity contribution in [3.8, 4) is 0 Å². The standard InChI is InChI=1S/C15H19N/c1-2-3-4-7-12-10-13-8-5-6-9-14(13)15(16)11-12/h5-6,8-11H,2-4,7,16H2,1H3. The third kappa shape index (κ3) is 2.35. The Morgan fingerprint density at radius 2 is 1.88 bits per heavy atom. The van der Waals surface area contributed by atoms with E-state index in [1.54, 1.807) is 0 Å². The van der Waals surface area contributed by atoms with Crippen molar-refractivity contribution in [1.82, 2.24) is 0 Å². The molecule has 1 heteroatoms. The van der Waals surface area contributed by atoms with Crippen molar-refractivity contribution in [2.45, 2.75) is 32.6 Å². The van der Waals surface area contributed by atoms with Crippen molar-refractivity contribution in [2.75, 3.05) is 5.73 Å². The van der Waals surface area contributed by atoms with Gasteiger partial charge in [-0.05, 0) is 29.9 Å². The van der Waals surface area contributed by atoms with Gasteiger partial charge in [-0.25, -0.2) is 0 Å². The summed E-state index contributed by atoms with van der Waals surface area (Å²) in [6.07, 6.45) is 4.97. The Bertz CT molecular complexity index is 474. The average Bonchev–Trinajstić information content (AvgIpc) is 2.30. The summed E-state index contributed by atoms with van der Waals surface area (Å²) in [7, 11) is 0. The molecule has 1 nitrogen and oxygen atoms in total. The van der Waals surface area contributed by atoms with Crippen LogP contribution in [0.4, 0.5) is 5.69 Å². The van der Waals surface area contributed by atoms with Gasteiger partial charge in [0.2, 0.25) is 0 Å². The van der Waals surface area contributed by atoms with Crippen molar-refractivity contribution < 1.29 is 0 Å². The second-order valence-corrected chi connectivity index (χ2v) is 4.36. The Labute approximate surface area is 97.3 Å². The number of benzene rings is 2. The molecule has 84 valence electrons. The van der Waals surface area contributed by atoms with Crippen LogP contribution in [0, 0.1) is 0 Å². The van der Waals surface area contributed by atoms with Gasteiger partial charge in [-0.2, -0.15) is 0 Å². The van der Waals surface area contributed by atoms with Crippen LogP contribution in [-0.2, 0) is 6.42 Å². The van der Waals surface area contributed by atoms with Crippen LogP contribution in [0.1, 0.15) is 31.7 Å². The molecule has 0 atom stereocenters. The highest BCUT2D eigenvalue weighted by Crippen LogP contribution is 2.23. The number of nitrogens with two attached hydrogens (primary N) is 1. The number of anilines is 1. The van der Waals surface area contributed by atoms with Crippen LogP contribution in [0.2, 0.25) is 0 Å². The van der Waals surface area contributed by atoms with Crippen LogP contribution in [0.25, 0.3) is 10.8 Å². The third-order valence-corrected chi connectivity index (χ3v) is 3.02. The van der Waals surface area contributed by atoms with E-state index >= 15 is 0 Å². The predicted octanol–water partition coefficient (Wildman–Crippen LogP) is 4.15. The van der Waals surface area contributed by atoms with Crippen LogP contribution in [0.3, 0.4) is 0 Å². The molecule has 0 heterocycles. The van der Waals surface area contributed by atoms with E-state index in [2.05, 4.69) is 37.3 Å². The molecule has 0 unspecified atom stereocenters. The Hall–Kier alpha value is -1.50. The van der Waals surface area contributed by atoms with Crippen molar-refractivity contribution >= 4 is 16.5 Å². The fourth-order valence-corrected chi connectivity index (χ4v) is 2.13. The molecule has 0 aromatic heterocycles. The van der Waals surface area contributed by atoms with Crippen molar-refractivity contribution in [3.63, 3.8) is 0 Å². The summed E-state index contributed by atoms with van der Waals surface area (Å²) >= 11 is 0. The summed E-state index contributed by atoms with van der Waals surface area (Å²) in [4.78, 5) is 0. The summed E-state index contributed by atoms with van der Waals surface area (Å²) in [6.45, 7) is 2.23. The first kappa shape index (κ1) is 11.0. The molecule has 0 aliphatic heterocycles. The van der Waals surface area contributed by atoms with Gasteiger partial charge in [0.1, 0.15) is 0 Å². The van der Waals surface area contributed by atoms with Gasteiger partial charge in [0.05, 0.1) is 0 Å². The van der Waals surface area contributed by atoms with Crippen LogP contribution >= 0.6 is 0 Å². The maximum Gasteiger partial charge on any atom is 0.0396 e. The molecular formula is C15H19N. The summed E-state index contributed by atoms with van der Waals surface area (Å²) in [5, 5.41) is 2.43. The minimum absolute atomic E-state index is 0.907. The fourth-order valence-electron chi connectivity index (χ4n) is 2.13. The maximum atomic E-state index is 6.06. The first-order valence-electron chi connectivity index (χ1n) is 6.08. The number of unbranched alkanes of at least 4 members (excludes halogenated alkanes) is 2. The van der Waals surface area contributed by atoms with E-state index in [0.29, 0.717) is 0 Å². The lowest BCUT2D eigenvalue weighted by atomic mass is 10.0. The minimum Gasteiger partial charge on any atom is -0.398 e. The van der Waals surface area contributed by atoms with Gasteiger partial charge >= 0.3 is 0 Å². The van der Waals surface area contributed by atoms with E-state index in [-0.39, 0.29) is 0 Å². The SMILES string of the molecule is CCCCCc1cc(N)c2ccccc2c1. The average molecular weight is 213 g/mol. The minimum atomic E-state index is 0.907.